The van der Waals surface area contributed by atoms with Crippen LogP contribution < -0.4 is 5.32 Å². The van der Waals surface area contributed by atoms with Crippen molar-refractivity contribution in [1.29, 1.82) is 0 Å². The Balaban J connectivity index is 1.94. The summed E-state index contributed by atoms with van der Waals surface area (Å²) in [6, 6.07) is 7.51. The lowest BCUT2D eigenvalue weighted by molar-refractivity contribution is 0.0883. The summed E-state index contributed by atoms with van der Waals surface area (Å²) in [4.78, 5) is 13.6. The van der Waals surface area contributed by atoms with E-state index in [1.807, 2.05) is 24.3 Å². The molecule has 1 aliphatic heterocycles. The number of benzene rings is 1. The van der Waals surface area contributed by atoms with Crippen molar-refractivity contribution in [3.63, 3.8) is 0 Å². The van der Waals surface area contributed by atoms with Crippen molar-refractivity contribution in [3.05, 3.63) is 27.8 Å². The van der Waals surface area contributed by atoms with E-state index in [0.29, 0.717) is 13.1 Å². The summed E-state index contributed by atoms with van der Waals surface area (Å²) in [5.41, 5.74) is 0.787. The molecule has 0 unspecified atom stereocenters. The van der Waals surface area contributed by atoms with Crippen LogP contribution in [0.5, 0.6) is 0 Å². The third-order valence-electron chi connectivity index (χ3n) is 2.78. The molecule has 0 radical (unpaired) electrons. The molecular formula is C12H15IN2O2. The Labute approximate surface area is 114 Å². The van der Waals surface area contributed by atoms with Crippen LogP contribution >= 0.6 is 22.6 Å². The number of hydrogen-bond donors (Lipinski definition) is 2. The van der Waals surface area contributed by atoms with Crippen LogP contribution in [-0.4, -0.2) is 35.2 Å². The van der Waals surface area contributed by atoms with Crippen molar-refractivity contribution in [2.75, 3.05) is 18.4 Å². The minimum atomic E-state index is -0.383. The standard InChI is InChI=1S/C12H15IN2O2/c13-9-3-5-10(6-4-9)14-12(17)15-7-1-2-11(16)8-15/h3-6,11,16H,1-2,7-8H2,(H,14,17)/t11-/m1/s1. The number of nitrogens with zero attached hydrogens (tertiary/aromatic N) is 1. The SMILES string of the molecule is O=C(Nc1ccc(I)cc1)N1CCC[C@@H](O)C1. The molecule has 1 fully saturated rings. The Kier molecular flexibility index (Phi) is 4.22. The third kappa shape index (κ3) is 3.57. The normalized spacial score (nSPS) is 20.1. The molecule has 1 heterocycles. The highest BCUT2D eigenvalue weighted by atomic mass is 127. The monoisotopic (exact) mass is 346 g/mol. The summed E-state index contributed by atoms with van der Waals surface area (Å²) in [5, 5.41) is 12.3. The Morgan fingerprint density at radius 3 is 2.76 bits per heavy atom. The minimum absolute atomic E-state index is 0.134. The van der Waals surface area contributed by atoms with Gasteiger partial charge in [0.1, 0.15) is 0 Å². The summed E-state index contributed by atoms with van der Waals surface area (Å²) in [5.74, 6) is 0. The molecular weight excluding hydrogens is 331 g/mol. The number of β-amino-alcohol motifs (C(OH)–C–C–N with tert-alkyl or cyclic N) is 1. The summed E-state index contributed by atoms with van der Waals surface area (Å²) < 4.78 is 1.13. The maximum Gasteiger partial charge on any atom is 0.321 e. The highest BCUT2D eigenvalue weighted by molar-refractivity contribution is 14.1. The fourth-order valence-electron chi connectivity index (χ4n) is 1.87. The van der Waals surface area contributed by atoms with Gasteiger partial charge in [0.15, 0.2) is 0 Å². The van der Waals surface area contributed by atoms with Crippen molar-refractivity contribution in [2.24, 2.45) is 0 Å². The Morgan fingerprint density at radius 2 is 2.12 bits per heavy atom. The van der Waals surface area contributed by atoms with E-state index in [1.54, 1.807) is 4.90 Å². The number of likely N-dealkylation sites (tertiary alicyclic amines) is 1. The molecule has 1 aromatic carbocycles. The van der Waals surface area contributed by atoms with Crippen molar-refractivity contribution in [1.82, 2.24) is 4.90 Å². The molecule has 1 atom stereocenters. The summed E-state index contributed by atoms with van der Waals surface area (Å²) in [7, 11) is 0. The topological polar surface area (TPSA) is 52.6 Å². The number of carbonyl (C=O) groups excluding carboxylic acids is 1. The van der Waals surface area contributed by atoms with Crippen LogP contribution in [-0.2, 0) is 0 Å². The Morgan fingerprint density at radius 1 is 1.41 bits per heavy atom. The van der Waals surface area contributed by atoms with Crippen molar-refractivity contribution < 1.29 is 9.90 Å². The molecule has 92 valence electrons. The van der Waals surface area contributed by atoms with Crippen LogP contribution in [0.25, 0.3) is 0 Å². The highest BCUT2D eigenvalue weighted by Gasteiger charge is 2.21. The number of piperidine rings is 1. The third-order valence-corrected chi connectivity index (χ3v) is 3.50. The van der Waals surface area contributed by atoms with E-state index >= 15 is 0 Å². The molecule has 0 aliphatic carbocycles. The van der Waals surface area contributed by atoms with Crippen LogP contribution in [0.2, 0.25) is 0 Å². The number of rotatable bonds is 1. The minimum Gasteiger partial charge on any atom is -0.391 e. The van der Waals surface area contributed by atoms with Gasteiger partial charge in [-0.25, -0.2) is 4.79 Å². The first kappa shape index (κ1) is 12.6. The molecule has 2 amide bonds. The van der Waals surface area contributed by atoms with Gasteiger partial charge in [0.2, 0.25) is 0 Å². The maximum absolute atomic E-state index is 11.9. The van der Waals surface area contributed by atoms with E-state index in [4.69, 9.17) is 0 Å². The maximum atomic E-state index is 11.9. The molecule has 4 nitrogen and oxygen atoms in total. The molecule has 0 aromatic heterocycles. The molecule has 2 rings (SSSR count). The molecule has 0 bridgehead atoms. The lowest BCUT2D eigenvalue weighted by Crippen LogP contribution is -2.44. The van der Waals surface area contributed by atoms with Gasteiger partial charge >= 0.3 is 6.03 Å². The second kappa shape index (κ2) is 5.68. The molecule has 1 aliphatic rings. The van der Waals surface area contributed by atoms with E-state index in [2.05, 4.69) is 27.9 Å². The predicted molar refractivity (Wildman–Crippen MR) is 75.0 cm³/mol. The average molecular weight is 346 g/mol. The second-order valence-corrected chi connectivity index (χ2v) is 5.42. The zero-order chi connectivity index (χ0) is 12.3. The second-order valence-electron chi connectivity index (χ2n) is 4.18. The fraction of sp³-hybridized carbons (Fsp3) is 0.417. The molecule has 17 heavy (non-hydrogen) atoms. The van der Waals surface area contributed by atoms with Gasteiger partial charge in [0.25, 0.3) is 0 Å². The Hall–Kier alpha value is -0.820. The molecule has 1 aromatic rings. The van der Waals surface area contributed by atoms with Gasteiger partial charge in [0, 0.05) is 22.3 Å². The highest BCUT2D eigenvalue weighted by Crippen LogP contribution is 2.14. The van der Waals surface area contributed by atoms with Crippen molar-refractivity contribution in [3.8, 4) is 0 Å². The van der Waals surface area contributed by atoms with Gasteiger partial charge in [-0.2, -0.15) is 0 Å². The lowest BCUT2D eigenvalue weighted by Gasteiger charge is -2.30. The first-order valence-electron chi connectivity index (χ1n) is 5.65. The lowest BCUT2D eigenvalue weighted by atomic mass is 10.1. The zero-order valence-electron chi connectivity index (χ0n) is 9.40. The van der Waals surface area contributed by atoms with Crippen molar-refractivity contribution in [2.45, 2.75) is 18.9 Å². The molecule has 5 heteroatoms. The van der Waals surface area contributed by atoms with Crippen LogP contribution in [0.1, 0.15) is 12.8 Å². The number of aliphatic hydroxyl groups is 1. The molecule has 0 spiro atoms. The first-order chi connectivity index (χ1) is 8.15. The number of anilines is 1. The quantitative estimate of drug-likeness (QED) is 0.767. The number of amides is 2. The number of nitrogens with one attached hydrogen (secondary N) is 1. The van der Waals surface area contributed by atoms with E-state index in [-0.39, 0.29) is 12.1 Å². The summed E-state index contributed by atoms with van der Waals surface area (Å²) >= 11 is 2.22. The largest absolute Gasteiger partial charge is 0.391 e. The van der Waals surface area contributed by atoms with E-state index < -0.39 is 0 Å². The number of aliphatic hydroxyl groups excluding tert-OH is 1. The predicted octanol–water partition coefficient (Wildman–Crippen LogP) is 2.28. The number of halogens is 1. The number of urea groups is 1. The van der Waals surface area contributed by atoms with Gasteiger partial charge in [-0.3, -0.25) is 0 Å². The number of hydrogen-bond acceptors (Lipinski definition) is 2. The molecule has 2 N–H and O–H groups in total. The van der Waals surface area contributed by atoms with Crippen molar-refractivity contribution >= 4 is 34.3 Å². The first-order valence-corrected chi connectivity index (χ1v) is 6.72. The van der Waals surface area contributed by atoms with Crippen LogP contribution in [0.3, 0.4) is 0 Å². The van der Waals surface area contributed by atoms with Crippen LogP contribution in [0.15, 0.2) is 24.3 Å². The summed E-state index contributed by atoms with van der Waals surface area (Å²) in [6.07, 6.45) is 1.26. The van der Waals surface area contributed by atoms with Crippen LogP contribution in [0.4, 0.5) is 10.5 Å². The zero-order valence-corrected chi connectivity index (χ0v) is 11.6. The number of carbonyl (C=O) groups is 1. The van der Waals surface area contributed by atoms with Gasteiger partial charge in [-0.15, -0.1) is 0 Å². The molecule has 0 saturated carbocycles. The Bertz CT molecular complexity index is 394. The fourth-order valence-corrected chi connectivity index (χ4v) is 2.23. The smallest absolute Gasteiger partial charge is 0.321 e. The summed E-state index contributed by atoms with van der Waals surface area (Å²) in [6.45, 7) is 1.14. The van der Waals surface area contributed by atoms with Crippen LogP contribution in [0, 0.1) is 3.57 Å². The molecule has 1 saturated heterocycles. The van der Waals surface area contributed by atoms with Gasteiger partial charge < -0.3 is 15.3 Å². The van der Waals surface area contributed by atoms with E-state index in [0.717, 1.165) is 22.1 Å². The van der Waals surface area contributed by atoms with Gasteiger partial charge in [-0.05, 0) is 59.7 Å². The van der Waals surface area contributed by atoms with Gasteiger partial charge in [-0.1, -0.05) is 0 Å². The average Bonchev–Trinajstić information content (AvgIpc) is 2.32. The van der Waals surface area contributed by atoms with E-state index in [1.165, 1.54) is 0 Å². The van der Waals surface area contributed by atoms with E-state index in [9.17, 15) is 9.90 Å². The van der Waals surface area contributed by atoms with Gasteiger partial charge in [0.05, 0.1) is 6.10 Å².